The number of para-hydroxylation sites is 1. The molecule has 0 atom stereocenters. The predicted molar refractivity (Wildman–Crippen MR) is 134 cm³/mol. The van der Waals surface area contributed by atoms with E-state index < -0.39 is 22.1 Å². The first-order chi connectivity index (χ1) is 18.1. The monoisotopic (exact) mass is 564 g/mol. The fourth-order valence-corrected chi connectivity index (χ4v) is 6.37. The zero-order valence-electron chi connectivity index (χ0n) is 19.6. The van der Waals surface area contributed by atoms with E-state index in [-0.39, 0.29) is 46.0 Å². The molecule has 13 heteroatoms. The third kappa shape index (κ3) is 4.98. The van der Waals surface area contributed by atoms with Crippen molar-refractivity contribution in [1.29, 1.82) is 0 Å². The third-order valence-corrected chi connectivity index (χ3v) is 8.55. The van der Waals surface area contributed by atoms with Gasteiger partial charge >= 0.3 is 6.36 Å². The second-order valence-corrected chi connectivity index (χ2v) is 11.0. The lowest BCUT2D eigenvalue weighted by Crippen LogP contribution is -2.39. The maximum Gasteiger partial charge on any atom is 0.573 e. The third-order valence-electron chi connectivity index (χ3n) is 6.33. The number of carbonyl (C=O) groups excluding carboxylic acids is 1. The van der Waals surface area contributed by atoms with Crippen LogP contribution in [0.2, 0.25) is 5.02 Å². The van der Waals surface area contributed by atoms with Crippen molar-refractivity contribution >= 4 is 39.1 Å². The van der Waals surface area contributed by atoms with E-state index in [1.165, 1.54) is 40.7 Å². The average Bonchev–Trinajstić information content (AvgIpc) is 3.27. The molecule has 4 aromatic rings. The lowest BCUT2D eigenvalue weighted by atomic mass is 10.1. The molecule has 1 fully saturated rings. The van der Waals surface area contributed by atoms with E-state index in [2.05, 4.69) is 14.7 Å². The minimum absolute atomic E-state index is 0.0276. The van der Waals surface area contributed by atoms with Crippen LogP contribution in [0.3, 0.4) is 0 Å². The maximum absolute atomic E-state index is 13.2. The van der Waals surface area contributed by atoms with E-state index in [9.17, 15) is 26.4 Å². The molecule has 1 saturated heterocycles. The van der Waals surface area contributed by atoms with Gasteiger partial charge in [0.1, 0.15) is 17.1 Å². The van der Waals surface area contributed by atoms with Gasteiger partial charge in [-0.2, -0.15) is 4.31 Å². The summed E-state index contributed by atoms with van der Waals surface area (Å²) in [6, 6.07) is 12.8. The average molecular weight is 565 g/mol. The molecule has 2 aromatic carbocycles. The summed E-state index contributed by atoms with van der Waals surface area (Å²) in [5, 5.41) is 0.0382. The molecule has 0 amide bonds. The molecule has 198 valence electrons. The molecule has 0 unspecified atom stereocenters. The van der Waals surface area contributed by atoms with Crippen LogP contribution in [0.4, 0.5) is 13.2 Å². The Morgan fingerprint density at radius 1 is 1.05 bits per heavy atom. The second-order valence-electron chi connectivity index (χ2n) is 8.63. The minimum atomic E-state index is -4.89. The number of pyridine rings is 1. The number of carbonyl (C=O) groups is 1. The molecule has 0 spiro atoms. The maximum atomic E-state index is 13.2. The molecule has 3 heterocycles. The zero-order chi connectivity index (χ0) is 27.1. The summed E-state index contributed by atoms with van der Waals surface area (Å²) in [5.74, 6) is -0.150. The summed E-state index contributed by atoms with van der Waals surface area (Å²) in [4.78, 5) is 20.0. The van der Waals surface area contributed by atoms with Gasteiger partial charge in [-0.15, -0.1) is 13.2 Å². The highest BCUT2D eigenvalue weighted by atomic mass is 35.5. The van der Waals surface area contributed by atoms with Crippen LogP contribution in [0.25, 0.3) is 22.6 Å². The number of hydrogen-bond donors (Lipinski definition) is 0. The Morgan fingerprint density at radius 2 is 1.79 bits per heavy atom. The number of hydrogen-bond acceptors (Lipinski definition) is 6. The van der Waals surface area contributed by atoms with E-state index in [0.717, 1.165) is 0 Å². The van der Waals surface area contributed by atoms with Gasteiger partial charge in [-0.1, -0.05) is 23.7 Å². The van der Waals surface area contributed by atoms with Crippen molar-refractivity contribution in [2.24, 2.45) is 0 Å². The van der Waals surface area contributed by atoms with Gasteiger partial charge in [-0.05, 0) is 55.3 Å². The van der Waals surface area contributed by atoms with Gasteiger partial charge in [0.15, 0.2) is 11.9 Å². The Labute approximate surface area is 220 Å². The van der Waals surface area contributed by atoms with Crippen LogP contribution >= 0.6 is 11.6 Å². The van der Waals surface area contributed by atoms with E-state index in [4.69, 9.17) is 11.6 Å². The van der Waals surface area contributed by atoms with Crippen molar-refractivity contribution in [1.82, 2.24) is 18.8 Å². The van der Waals surface area contributed by atoms with Crippen molar-refractivity contribution in [3.05, 3.63) is 71.4 Å². The number of aldehydes is 1. The van der Waals surface area contributed by atoms with Crippen LogP contribution in [-0.4, -0.2) is 53.0 Å². The predicted octanol–water partition coefficient (Wildman–Crippen LogP) is 5.49. The van der Waals surface area contributed by atoms with Crippen LogP contribution in [0.1, 0.15) is 29.2 Å². The molecule has 2 aromatic heterocycles. The molecule has 5 rings (SSSR count). The fraction of sp³-hybridized carbons (Fsp3) is 0.240. The van der Waals surface area contributed by atoms with Crippen molar-refractivity contribution in [2.45, 2.75) is 30.1 Å². The highest BCUT2D eigenvalue weighted by molar-refractivity contribution is 7.89. The molecular formula is C25H20ClF3N4O4S. The van der Waals surface area contributed by atoms with Crippen LogP contribution in [0, 0.1) is 0 Å². The lowest BCUT2D eigenvalue weighted by molar-refractivity contribution is -0.274. The summed E-state index contributed by atoms with van der Waals surface area (Å²) in [6.45, 7) is 0.291. The normalized spacial score (nSPS) is 15.6. The number of nitrogens with zero attached hydrogens (tertiary/aromatic N) is 4. The Morgan fingerprint density at radius 3 is 2.47 bits per heavy atom. The first-order valence-corrected chi connectivity index (χ1v) is 13.3. The van der Waals surface area contributed by atoms with Crippen LogP contribution in [-0.2, 0) is 10.0 Å². The number of ether oxygens (including phenoxy) is 1. The smallest absolute Gasteiger partial charge is 0.405 e. The molecule has 0 N–H and O–H groups in total. The summed E-state index contributed by atoms with van der Waals surface area (Å²) in [6.07, 6.45) is -2.07. The summed E-state index contributed by atoms with van der Waals surface area (Å²) in [7, 11) is -3.89. The topological polar surface area (TPSA) is 94.4 Å². The van der Waals surface area contributed by atoms with Crippen LogP contribution in [0.15, 0.2) is 65.7 Å². The molecule has 1 aliphatic heterocycles. The van der Waals surface area contributed by atoms with Gasteiger partial charge < -0.3 is 9.30 Å². The van der Waals surface area contributed by atoms with Gasteiger partial charge in [0.25, 0.3) is 0 Å². The van der Waals surface area contributed by atoms with E-state index in [0.29, 0.717) is 30.3 Å². The van der Waals surface area contributed by atoms with Crippen LogP contribution in [0.5, 0.6) is 5.75 Å². The first-order valence-electron chi connectivity index (χ1n) is 11.5. The standard InChI is InChI=1S/C25H20ClF3N4O4S/c26-20-14-18(8-7-16(20)15-34)38(35,36)32-12-9-17(10-13-32)33-23(31-21-5-3-11-30-24(21)33)19-4-1-2-6-22(19)37-25(27,28)29/h1-8,11,14-15,17H,9-10,12-13H2. The molecule has 8 nitrogen and oxygen atoms in total. The molecule has 0 aliphatic carbocycles. The Balaban J connectivity index is 1.48. The highest BCUT2D eigenvalue weighted by Crippen LogP contribution is 2.38. The van der Waals surface area contributed by atoms with Crippen molar-refractivity contribution in [2.75, 3.05) is 13.1 Å². The van der Waals surface area contributed by atoms with Gasteiger partial charge in [-0.25, -0.2) is 18.4 Å². The van der Waals surface area contributed by atoms with Crippen molar-refractivity contribution in [3.8, 4) is 17.1 Å². The number of aromatic nitrogens is 3. The van der Waals surface area contributed by atoms with Crippen molar-refractivity contribution < 1.29 is 31.1 Å². The number of alkyl halides is 3. The number of rotatable bonds is 6. The summed E-state index contributed by atoms with van der Waals surface area (Å²) < 4.78 is 73.1. The highest BCUT2D eigenvalue weighted by Gasteiger charge is 2.35. The van der Waals surface area contributed by atoms with E-state index >= 15 is 0 Å². The number of halogens is 4. The molecule has 0 radical (unpaired) electrons. The molecule has 1 aliphatic rings. The number of sulfonamides is 1. The molecule has 0 bridgehead atoms. The van der Waals surface area contributed by atoms with Gasteiger partial charge in [0, 0.05) is 30.9 Å². The number of imidazole rings is 1. The fourth-order valence-electron chi connectivity index (χ4n) is 4.58. The van der Waals surface area contributed by atoms with Crippen molar-refractivity contribution in [3.63, 3.8) is 0 Å². The summed E-state index contributed by atoms with van der Waals surface area (Å²) >= 11 is 6.04. The lowest BCUT2D eigenvalue weighted by Gasteiger charge is -2.32. The number of benzene rings is 2. The number of fused-ring (bicyclic) bond motifs is 1. The second kappa shape index (κ2) is 10.0. The van der Waals surface area contributed by atoms with E-state index in [1.807, 2.05) is 0 Å². The Bertz CT molecular complexity index is 1620. The number of piperidine rings is 1. The van der Waals surface area contributed by atoms with Gasteiger partial charge in [0.2, 0.25) is 10.0 Å². The Kier molecular flexibility index (Phi) is 6.88. The molecule has 0 saturated carbocycles. The Hall–Kier alpha value is -3.48. The zero-order valence-corrected chi connectivity index (χ0v) is 21.2. The van der Waals surface area contributed by atoms with Crippen LogP contribution < -0.4 is 4.74 Å². The minimum Gasteiger partial charge on any atom is -0.405 e. The van der Waals surface area contributed by atoms with E-state index in [1.54, 1.807) is 29.0 Å². The van der Waals surface area contributed by atoms with Gasteiger partial charge in [-0.3, -0.25) is 4.79 Å². The quantitative estimate of drug-likeness (QED) is 0.288. The molecular weight excluding hydrogens is 545 g/mol. The SMILES string of the molecule is O=Cc1ccc(S(=O)(=O)N2CCC(n3c(-c4ccccc4OC(F)(F)F)nc4cccnc43)CC2)cc1Cl. The summed E-state index contributed by atoms with van der Waals surface area (Å²) in [5.41, 5.74) is 1.29. The largest absolute Gasteiger partial charge is 0.573 e. The molecule has 38 heavy (non-hydrogen) atoms. The first kappa shape index (κ1) is 26.1. The van der Waals surface area contributed by atoms with Gasteiger partial charge in [0.05, 0.1) is 15.5 Å².